The summed E-state index contributed by atoms with van der Waals surface area (Å²) in [7, 11) is 0. The van der Waals surface area contributed by atoms with Gasteiger partial charge in [0.05, 0.1) is 0 Å². The van der Waals surface area contributed by atoms with E-state index in [9.17, 15) is 9.59 Å². The van der Waals surface area contributed by atoms with Crippen LogP contribution in [0.4, 0.5) is 0 Å². The van der Waals surface area contributed by atoms with Crippen molar-refractivity contribution in [3.05, 3.63) is 34.9 Å². The lowest BCUT2D eigenvalue weighted by Gasteiger charge is -2.24. The van der Waals surface area contributed by atoms with Crippen molar-refractivity contribution >= 4 is 23.4 Å². The highest BCUT2D eigenvalue weighted by molar-refractivity contribution is 6.30. The van der Waals surface area contributed by atoms with E-state index in [1.165, 1.54) is 6.42 Å². The summed E-state index contributed by atoms with van der Waals surface area (Å²) < 4.78 is 0. The summed E-state index contributed by atoms with van der Waals surface area (Å²) in [6.07, 6.45) is 5.63. The molecule has 2 N–H and O–H groups in total. The number of halogens is 1. The molecule has 0 bridgehead atoms. The second kappa shape index (κ2) is 7.46. The van der Waals surface area contributed by atoms with Gasteiger partial charge in [0.25, 0.3) is 5.91 Å². The number of hydrogen-bond donors (Lipinski definition) is 2. The molecule has 0 spiro atoms. The Labute approximate surface area is 130 Å². The topological polar surface area (TPSA) is 58.2 Å². The molecule has 0 aromatic heterocycles. The molecule has 2 rings (SSSR count). The molecule has 5 heteroatoms. The lowest BCUT2D eigenvalue weighted by atomic mass is 9.95. The van der Waals surface area contributed by atoms with E-state index < -0.39 is 6.04 Å². The Kier molecular flexibility index (Phi) is 5.62. The SMILES string of the molecule is CC(NC(=O)c1ccc(Cl)cc1)C(=O)NC1CCCCC1. The molecule has 4 nitrogen and oxygen atoms in total. The minimum Gasteiger partial charge on any atom is -0.352 e. The van der Waals surface area contributed by atoms with Crippen molar-refractivity contribution in [2.24, 2.45) is 0 Å². The van der Waals surface area contributed by atoms with Crippen LogP contribution in [0.3, 0.4) is 0 Å². The van der Waals surface area contributed by atoms with Crippen molar-refractivity contribution in [2.75, 3.05) is 0 Å². The Hall–Kier alpha value is -1.55. The predicted octanol–water partition coefficient (Wildman–Crippen LogP) is 2.91. The van der Waals surface area contributed by atoms with Crippen LogP contribution in [0.15, 0.2) is 24.3 Å². The maximum absolute atomic E-state index is 12.1. The monoisotopic (exact) mass is 308 g/mol. The van der Waals surface area contributed by atoms with Gasteiger partial charge in [0, 0.05) is 16.6 Å². The van der Waals surface area contributed by atoms with Crippen molar-refractivity contribution in [3.63, 3.8) is 0 Å². The van der Waals surface area contributed by atoms with Crippen LogP contribution in [-0.4, -0.2) is 23.9 Å². The van der Waals surface area contributed by atoms with Crippen molar-refractivity contribution in [2.45, 2.75) is 51.1 Å². The van der Waals surface area contributed by atoms with E-state index in [0.717, 1.165) is 25.7 Å². The molecule has 1 unspecified atom stereocenters. The number of hydrogen-bond acceptors (Lipinski definition) is 2. The van der Waals surface area contributed by atoms with Gasteiger partial charge in [-0.3, -0.25) is 9.59 Å². The van der Waals surface area contributed by atoms with E-state index in [0.29, 0.717) is 10.6 Å². The number of nitrogens with one attached hydrogen (secondary N) is 2. The number of carbonyl (C=O) groups is 2. The van der Waals surface area contributed by atoms with Gasteiger partial charge in [-0.1, -0.05) is 30.9 Å². The van der Waals surface area contributed by atoms with E-state index in [1.54, 1.807) is 31.2 Å². The zero-order valence-corrected chi connectivity index (χ0v) is 13.0. The largest absolute Gasteiger partial charge is 0.352 e. The van der Waals surface area contributed by atoms with Gasteiger partial charge in [-0.15, -0.1) is 0 Å². The Balaban J connectivity index is 1.84. The third-order valence-electron chi connectivity index (χ3n) is 3.80. The van der Waals surface area contributed by atoms with E-state index in [2.05, 4.69) is 10.6 Å². The van der Waals surface area contributed by atoms with Crippen molar-refractivity contribution < 1.29 is 9.59 Å². The molecule has 1 atom stereocenters. The molecule has 0 saturated heterocycles. The van der Waals surface area contributed by atoms with Gasteiger partial charge in [0.2, 0.25) is 5.91 Å². The van der Waals surface area contributed by atoms with Gasteiger partial charge >= 0.3 is 0 Å². The number of rotatable bonds is 4. The Morgan fingerprint density at radius 2 is 1.76 bits per heavy atom. The zero-order valence-electron chi connectivity index (χ0n) is 12.2. The van der Waals surface area contributed by atoms with Crippen LogP contribution in [0, 0.1) is 0 Å². The minimum atomic E-state index is -0.546. The highest BCUT2D eigenvalue weighted by atomic mass is 35.5. The molecule has 1 aromatic carbocycles. The second-order valence-electron chi connectivity index (χ2n) is 5.55. The summed E-state index contributed by atoms with van der Waals surface area (Å²) in [5.41, 5.74) is 0.497. The van der Waals surface area contributed by atoms with Crippen LogP contribution >= 0.6 is 11.6 Å². The van der Waals surface area contributed by atoms with Crippen molar-refractivity contribution in [1.82, 2.24) is 10.6 Å². The fraction of sp³-hybridized carbons (Fsp3) is 0.500. The summed E-state index contributed by atoms with van der Waals surface area (Å²) in [5.74, 6) is -0.387. The van der Waals surface area contributed by atoms with Gasteiger partial charge < -0.3 is 10.6 Å². The van der Waals surface area contributed by atoms with Gasteiger partial charge in [0.1, 0.15) is 6.04 Å². The fourth-order valence-electron chi connectivity index (χ4n) is 2.52. The average molecular weight is 309 g/mol. The molecule has 21 heavy (non-hydrogen) atoms. The first-order valence-corrected chi connectivity index (χ1v) is 7.81. The molecule has 114 valence electrons. The third-order valence-corrected chi connectivity index (χ3v) is 4.05. The average Bonchev–Trinajstić information content (AvgIpc) is 2.48. The van der Waals surface area contributed by atoms with E-state index in [4.69, 9.17) is 11.6 Å². The maximum atomic E-state index is 12.1. The van der Waals surface area contributed by atoms with Gasteiger partial charge in [-0.05, 0) is 44.0 Å². The highest BCUT2D eigenvalue weighted by Gasteiger charge is 2.21. The van der Waals surface area contributed by atoms with E-state index in [1.807, 2.05) is 0 Å². The highest BCUT2D eigenvalue weighted by Crippen LogP contribution is 2.17. The summed E-state index contributed by atoms with van der Waals surface area (Å²) >= 11 is 5.79. The molecule has 1 aromatic rings. The summed E-state index contributed by atoms with van der Waals surface area (Å²) in [6, 6.07) is 6.30. The zero-order chi connectivity index (χ0) is 15.2. The number of benzene rings is 1. The normalized spacial score (nSPS) is 17.0. The first-order valence-electron chi connectivity index (χ1n) is 7.43. The Morgan fingerprint density at radius 1 is 1.14 bits per heavy atom. The van der Waals surface area contributed by atoms with E-state index in [-0.39, 0.29) is 17.9 Å². The molecule has 1 saturated carbocycles. The molecule has 1 fully saturated rings. The molecule has 0 heterocycles. The summed E-state index contributed by atoms with van der Waals surface area (Å²) in [5, 5.41) is 6.30. The van der Waals surface area contributed by atoms with Crippen LogP contribution in [0.2, 0.25) is 5.02 Å². The lowest BCUT2D eigenvalue weighted by Crippen LogP contribution is -2.48. The number of carbonyl (C=O) groups excluding carboxylic acids is 2. The van der Waals surface area contributed by atoms with Crippen LogP contribution in [0.25, 0.3) is 0 Å². The number of amides is 2. The van der Waals surface area contributed by atoms with E-state index >= 15 is 0 Å². The predicted molar refractivity (Wildman–Crippen MR) is 83.4 cm³/mol. The van der Waals surface area contributed by atoms with Crippen LogP contribution in [0.5, 0.6) is 0 Å². The minimum absolute atomic E-state index is 0.121. The lowest BCUT2D eigenvalue weighted by molar-refractivity contribution is -0.123. The molecular formula is C16H21ClN2O2. The standard InChI is InChI=1S/C16H21ClN2O2/c1-11(15(20)19-14-5-3-2-4-6-14)18-16(21)12-7-9-13(17)10-8-12/h7-11,14H,2-6H2,1H3,(H,18,21)(H,19,20). The third kappa shape index (κ3) is 4.74. The van der Waals surface area contributed by atoms with Gasteiger partial charge in [0.15, 0.2) is 0 Å². The van der Waals surface area contributed by atoms with Gasteiger partial charge in [-0.25, -0.2) is 0 Å². The summed E-state index contributed by atoms with van der Waals surface area (Å²) in [4.78, 5) is 24.1. The van der Waals surface area contributed by atoms with Gasteiger partial charge in [-0.2, -0.15) is 0 Å². The van der Waals surface area contributed by atoms with Crippen molar-refractivity contribution in [1.29, 1.82) is 0 Å². The molecule has 1 aliphatic rings. The second-order valence-corrected chi connectivity index (χ2v) is 5.98. The first-order chi connectivity index (χ1) is 10.1. The Bertz CT molecular complexity index is 496. The molecular weight excluding hydrogens is 288 g/mol. The Morgan fingerprint density at radius 3 is 2.38 bits per heavy atom. The van der Waals surface area contributed by atoms with Crippen LogP contribution < -0.4 is 10.6 Å². The smallest absolute Gasteiger partial charge is 0.251 e. The molecule has 1 aliphatic carbocycles. The summed E-state index contributed by atoms with van der Waals surface area (Å²) in [6.45, 7) is 1.70. The van der Waals surface area contributed by atoms with Crippen molar-refractivity contribution in [3.8, 4) is 0 Å². The maximum Gasteiger partial charge on any atom is 0.251 e. The quantitative estimate of drug-likeness (QED) is 0.898. The first kappa shape index (κ1) is 15.8. The molecule has 0 aliphatic heterocycles. The fourth-order valence-corrected chi connectivity index (χ4v) is 2.65. The molecule has 2 amide bonds. The molecule has 0 radical (unpaired) electrons. The van der Waals surface area contributed by atoms with Crippen LogP contribution in [0.1, 0.15) is 49.4 Å². The van der Waals surface area contributed by atoms with Crippen LogP contribution in [-0.2, 0) is 4.79 Å².